The number of esters is 1. The molecule has 0 fully saturated rings. The second-order valence-corrected chi connectivity index (χ2v) is 5.21. The summed E-state index contributed by atoms with van der Waals surface area (Å²) >= 11 is 0. The molecule has 0 spiro atoms. The maximum absolute atomic E-state index is 12.0. The molecule has 0 N–H and O–H groups in total. The first-order chi connectivity index (χ1) is 12.0. The molecular formula is C17H13N3O5. The molecule has 1 heterocycles. The second-order valence-electron chi connectivity index (χ2n) is 5.21. The van der Waals surface area contributed by atoms with Crippen molar-refractivity contribution >= 4 is 11.7 Å². The summed E-state index contributed by atoms with van der Waals surface area (Å²) in [6, 6.07) is 13.3. The molecule has 25 heavy (non-hydrogen) atoms. The topological polar surface area (TPSA) is 108 Å². The predicted octanol–water partition coefficient (Wildman–Crippen LogP) is 3.31. The van der Waals surface area contributed by atoms with Crippen LogP contribution in [0.15, 0.2) is 53.1 Å². The Morgan fingerprint density at radius 3 is 2.72 bits per heavy atom. The van der Waals surface area contributed by atoms with Crippen molar-refractivity contribution in [2.24, 2.45) is 0 Å². The number of nitro benzene ring substituents is 1. The molecule has 0 atom stereocenters. The van der Waals surface area contributed by atoms with Gasteiger partial charge < -0.3 is 9.26 Å². The molecule has 0 radical (unpaired) electrons. The first-order valence-corrected chi connectivity index (χ1v) is 7.35. The molecule has 1 aromatic heterocycles. The number of hydrogen-bond acceptors (Lipinski definition) is 7. The molecule has 0 saturated heterocycles. The number of nitrogens with zero attached hydrogens (tertiary/aromatic N) is 3. The van der Waals surface area contributed by atoms with Gasteiger partial charge in [0.05, 0.1) is 10.5 Å². The zero-order valence-electron chi connectivity index (χ0n) is 13.2. The van der Waals surface area contributed by atoms with Crippen LogP contribution in [0.25, 0.3) is 11.4 Å². The molecule has 126 valence electrons. The number of nitro groups is 1. The van der Waals surface area contributed by atoms with Crippen molar-refractivity contribution in [2.45, 2.75) is 13.5 Å². The van der Waals surface area contributed by atoms with E-state index in [9.17, 15) is 14.9 Å². The minimum Gasteiger partial charge on any atom is -0.452 e. The number of hydrogen-bond donors (Lipinski definition) is 0. The molecular weight excluding hydrogens is 326 g/mol. The maximum Gasteiger partial charge on any atom is 0.338 e. The van der Waals surface area contributed by atoms with Crippen molar-refractivity contribution in [2.75, 3.05) is 0 Å². The average Bonchev–Trinajstić information content (AvgIpc) is 3.09. The van der Waals surface area contributed by atoms with E-state index < -0.39 is 10.9 Å². The fourth-order valence-corrected chi connectivity index (χ4v) is 2.16. The van der Waals surface area contributed by atoms with Gasteiger partial charge in [-0.25, -0.2) is 4.79 Å². The van der Waals surface area contributed by atoms with E-state index in [-0.39, 0.29) is 23.7 Å². The quantitative estimate of drug-likeness (QED) is 0.398. The highest BCUT2D eigenvalue weighted by Crippen LogP contribution is 2.20. The number of carbonyl (C=O) groups is 1. The van der Waals surface area contributed by atoms with E-state index in [4.69, 9.17) is 9.26 Å². The summed E-state index contributed by atoms with van der Waals surface area (Å²) in [7, 11) is 0. The first kappa shape index (κ1) is 16.3. The van der Waals surface area contributed by atoms with Gasteiger partial charge in [0.2, 0.25) is 5.82 Å². The average molecular weight is 339 g/mol. The zero-order chi connectivity index (χ0) is 17.8. The normalized spacial score (nSPS) is 10.4. The van der Waals surface area contributed by atoms with Gasteiger partial charge in [-0.15, -0.1) is 0 Å². The van der Waals surface area contributed by atoms with Gasteiger partial charge in [0.25, 0.3) is 11.6 Å². The largest absolute Gasteiger partial charge is 0.452 e. The summed E-state index contributed by atoms with van der Waals surface area (Å²) in [6.45, 7) is 1.37. The number of aryl methyl sites for hydroxylation is 1. The Kier molecular flexibility index (Phi) is 4.51. The fourth-order valence-electron chi connectivity index (χ4n) is 2.16. The van der Waals surface area contributed by atoms with Crippen molar-refractivity contribution in [3.05, 3.63) is 75.7 Å². The van der Waals surface area contributed by atoms with E-state index in [1.165, 1.54) is 18.2 Å². The molecule has 8 heteroatoms. The Balaban J connectivity index is 1.68. The third-order valence-electron chi connectivity index (χ3n) is 3.47. The summed E-state index contributed by atoms with van der Waals surface area (Å²) in [5, 5.41) is 14.8. The Morgan fingerprint density at radius 1 is 1.24 bits per heavy atom. The maximum atomic E-state index is 12.0. The van der Waals surface area contributed by atoms with Crippen LogP contribution in [-0.2, 0) is 11.3 Å². The molecule has 0 unspecified atom stereocenters. The Bertz CT molecular complexity index is 921. The van der Waals surface area contributed by atoms with E-state index in [0.29, 0.717) is 11.4 Å². The third-order valence-corrected chi connectivity index (χ3v) is 3.47. The molecule has 0 aliphatic carbocycles. The molecule has 0 aliphatic heterocycles. The van der Waals surface area contributed by atoms with Gasteiger partial charge >= 0.3 is 5.97 Å². The molecule has 2 aromatic carbocycles. The minimum atomic E-state index is -0.706. The molecule has 0 aliphatic rings. The fraction of sp³-hybridized carbons (Fsp3) is 0.118. The van der Waals surface area contributed by atoms with E-state index in [2.05, 4.69) is 10.1 Å². The molecule has 8 nitrogen and oxygen atoms in total. The summed E-state index contributed by atoms with van der Waals surface area (Å²) in [5.74, 6) is -0.186. The first-order valence-electron chi connectivity index (χ1n) is 7.35. The minimum absolute atomic E-state index is 0.0834. The van der Waals surface area contributed by atoms with Gasteiger partial charge in [-0.1, -0.05) is 41.6 Å². The lowest BCUT2D eigenvalue weighted by Crippen LogP contribution is -2.06. The lowest BCUT2D eigenvalue weighted by atomic mass is 10.1. The van der Waals surface area contributed by atoms with Crippen LogP contribution in [0.5, 0.6) is 0 Å². The predicted molar refractivity (Wildman–Crippen MR) is 86.7 cm³/mol. The molecule has 3 aromatic rings. The van der Waals surface area contributed by atoms with Gasteiger partial charge in [-0.05, 0) is 13.0 Å². The molecule has 0 amide bonds. The van der Waals surface area contributed by atoms with Gasteiger partial charge in [0.15, 0.2) is 6.61 Å². The van der Waals surface area contributed by atoms with Crippen LogP contribution in [0.4, 0.5) is 5.69 Å². The molecule has 3 rings (SSSR count). The molecule has 0 saturated carbocycles. The summed E-state index contributed by atoms with van der Waals surface area (Å²) < 4.78 is 10.1. The van der Waals surface area contributed by atoms with E-state index >= 15 is 0 Å². The van der Waals surface area contributed by atoms with Crippen molar-refractivity contribution < 1.29 is 19.0 Å². The smallest absolute Gasteiger partial charge is 0.338 e. The number of benzene rings is 2. The van der Waals surface area contributed by atoms with Crippen molar-refractivity contribution in [3.8, 4) is 11.4 Å². The standard InChI is InChI=1S/C17H13N3O5/c1-11-7-8-13(9-14(11)20(22)23)17(21)24-10-15-18-16(19-25-15)12-5-3-2-4-6-12/h2-9H,10H2,1H3. The van der Waals surface area contributed by atoms with E-state index in [1.54, 1.807) is 6.92 Å². The van der Waals surface area contributed by atoms with Crippen LogP contribution in [-0.4, -0.2) is 21.0 Å². The van der Waals surface area contributed by atoms with Crippen molar-refractivity contribution in [3.63, 3.8) is 0 Å². The second kappa shape index (κ2) is 6.91. The Morgan fingerprint density at radius 2 is 2.00 bits per heavy atom. The monoisotopic (exact) mass is 339 g/mol. The highest BCUT2D eigenvalue weighted by molar-refractivity contribution is 5.90. The highest BCUT2D eigenvalue weighted by Gasteiger charge is 2.17. The van der Waals surface area contributed by atoms with Crippen LogP contribution in [0.3, 0.4) is 0 Å². The van der Waals surface area contributed by atoms with Gasteiger partial charge in [-0.3, -0.25) is 10.1 Å². The Hall–Kier alpha value is -3.55. The highest BCUT2D eigenvalue weighted by atomic mass is 16.6. The van der Waals surface area contributed by atoms with Crippen LogP contribution < -0.4 is 0 Å². The summed E-state index contributed by atoms with van der Waals surface area (Å²) in [5.41, 5.74) is 1.18. The van der Waals surface area contributed by atoms with Crippen LogP contribution in [0.1, 0.15) is 21.8 Å². The lowest BCUT2D eigenvalue weighted by molar-refractivity contribution is -0.385. The summed E-state index contributed by atoms with van der Waals surface area (Å²) in [4.78, 5) is 26.6. The molecule has 0 bridgehead atoms. The third kappa shape index (κ3) is 3.69. The van der Waals surface area contributed by atoms with Gasteiger partial charge in [0, 0.05) is 17.2 Å². The van der Waals surface area contributed by atoms with Gasteiger partial charge in [0.1, 0.15) is 0 Å². The SMILES string of the molecule is Cc1ccc(C(=O)OCc2nc(-c3ccccc3)no2)cc1[N+](=O)[O-]. The number of carbonyl (C=O) groups excluding carboxylic acids is 1. The van der Waals surface area contributed by atoms with Gasteiger partial charge in [-0.2, -0.15) is 4.98 Å². The van der Waals surface area contributed by atoms with Crippen molar-refractivity contribution in [1.29, 1.82) is 0 Å². The number of ether oxygens (including phenoxy) is 1. The van der Waals surface area contributed by atoms with Crippen LogP contribution in [0.2, 0.25) is 0 Å². The summed E-state index contributed by atoms with van der Waals surface area (Å²) in [6.07, 6.45) is 0. The zero-order valence-corrected chi connectivity index (χ0v) is 13.2. The lowest BCUT2D eigenvalue weighted by Gasteiger charge is -2.03. The van der Waals surface area contributed by atoms with Crippen LogP contribution in [0, 0.1) is 17.0 Å². The van der Waals surface area contributed by atoms with Crippen molar-refractivity contribution in [1.82, 2.24) is 10.1 Å². The van der Waals surface area contributed by atoms with E-state index in [0.717, 1.165) is 5.56 Å². The van der Waals surface area contributed by atoms with Crippen LogP contribution >= 0.6 is 0 Å². The Labute approximate surface area is 142 Å². The van der Waals surface area contributed by atoms with E-state index in [1.807, 2.05) is 30.3 Å². The number of aromatic nitrogens is 2. The number of rotatable bonds is 5.